The maximum absolute atomic E-state index is 12.6. The molecule has 3 N–H and O–H groups in total. The van der Waals surface area contributed by atoms with Crippen LogP contribution in [0.4, 0.5) is 0 Å². The molecule has 0 bridgehead atoms. The molecule has 4 atom stereocenters. The van der Waals surface area contributed by atoms with Crippen LogP contribution in [0, 0.1) is 0 Å². The first kappa shape index (κ1) is 49.0. The minimum atomic E-state index is -4.32. The first-order valence-corrected chi connectivity index (χ1v) is 22.4. The summed E-state index contributed by atoms with van der Waals surface area (Å²) in [4.78, 5) is 22.5. The highest BCUT2D eigenvalue weighted by atomic mass is 31.2. The van der Waals surface area contributed by atoms with Crippen LogP contribution >= 0.6 is 7.82 Å². The molecule has 0 saturated carbocycles. The number of ether oxygens (including phenoxy) is 3. The quantitative estimate of drug-likeness (QED) is 0.0157. The summed E-state index contributed by atoms with van der Waals surface area (Å²) in [5.41, 5.74) is 5.36. The maximum atomic E-state index is 12.6. The van der Waals surface area contributed by atoms with Crippen molar-refractivity contribution in [3.8, 4) is 0 Å². The van der Waals surface area contributed by atoms with Crippen molar-refractivity contribution in [2.24, 2.45) is 5.73 Å². The number of nitrogens with two attached hydrogens (primary N) is 1. The van der Waals surface area contributed by atoms with Crippen LogP contribution in [0.1, 0.15) is 162 Å². The number of carbonyl (C=O) groups is 1. The van der Waals surface area contributed by atoms with Gasteiger partial charge in [-0.1, -0.05) is 120 Å². The highest BCUT2D eigenvalue weighted by molar-refractivity contribution is 7.47. The van der Waals surface area contributed by atoms with Crippen molar-refractivity contribution in [3.05, 3.63) is 60.9 Å². The molecule has 0 radical (unpaired) electrons. The Hall–Kier alpha value is -2.00. The van der Waals surface area contributed by atoms with Gasteiger partial charge in [-0.25, -0.2) is 4.57 Å². The summed E-state index contributed by atoms with van der Waals surface area (Å²) in [6, 6.07) is 0. The van der Waals surface area contributed by atoms with E-state index in [4.69, 9.17) is 29.0 Å². The molecule has 306 valence electrons. The van der Waals surface area contributed by atoms with Gasteiger partial charge >= 0.3 is 13.8 Å². The minimum Gasteiger partial charge on any atom is -0.498 e. The molecule has 0 aromatic carbocycles. The molecule has 0 amide bonds. The zero-order valence-corrected chi connectivity index (χ0v) is 34.3. The highest BCUT2D eigenvalue weighted by Crippen LogP contribution is 2.43. The number of esters is 1. The Morgan fingerprint density at radius 3 is 1.85 bits per heavy atom. The van der Waals surface area contributed by atoms with Gasteiger partial charge in [0, 0.05) is 13.0 Å². The van der Waals surface area contributed by atoms with Crippen molar-refractivity contribution in [1.29, 1.82) is 0 Å². The molecule has 1 fully saturated rings. The van der Waals surface area contributed by atoms with Crippen molar-refractivity contribution >= 4 is 13.8 Å². The smallest absolute Gasteiger partial charge is 0.472 e. The van der Waals surface area contributed by atoms with E-state index in [-0.39, 0.29) is 38.9 Å². The molecule has 0 aromatic rings. The molecule has 1 aliphatic heterocycles. The molecular weight excluding hydrogens is 689 g/mol. The van der Waals surface area contributed by atoms with Gasteiger partial charge < -0.3 is 24.8 Å². The first-order valence-electron chi connectivity index (χ1n) is 20.9. The van der Waals surface area contributed by atoms with Gasteiger partial charge in [0.25, 0.3) is 0 Å². The van der Waals surface area contributed by atoms with Gasteiger partial charge in [0.15, 0.2) is 6.10 Å². The second-order valence-corrected chi connectivity index (χ2v) is 15.4. The number of allylic oxidation sites excluding steroid dienone is 7. The molecule has 1 aliphatic rings. The van der Waals surface area contributed by atoms with Gasteiger partial charge in [0.2, 0.25) is 0 Å². The van der Waals surface area contributed by atoms with Gasteiger partial charge in [-0.2, -0.15) is 0 Å². The number of phosphoric acid groups is 1. The van der Waals surface area contributed by atoms with Crippen LogP contribution in [0.25, 0.3) is 0 Å². The van der Waals surface area contributed by atoms with Crippen LogP contribution in [-0.2, 0) is 32.6 Å². The summed E-state index contributed by atoms with van der Waals surface area (Å²) in [6.45, 7) is 4.10. The molecule has 0 aromatic heterocycles. The number of phosphoric ester groups is 1. The number of carbonyl (C=O) groups excluding carboxylic acids is 1. The van der Waals surface area contributed by atoms with Crippen LogP contribution in [0.15, 0.2) is 60.9 Å². The second kappa shape index (κ2) is 35.7. The molecule has 53 heavy (non-hydrogen) atoms. The maximum Gasteiger partial charge on any atom is 0.472 e. The van der Waals surface area contributed by atoms with E-state index in [1.54, 1.807) is 6.26 Å². The second-order valence-electron chi connectivity index (χ2n) is 13.9. The van der Waals surface area contributed by atoms with E-state index < -0.39 is 19.9 Å². The third kappa shape index (κ3) is 33.1. The standard InChI is InChI=1S/C43H76NO8P/c1-3-5-7-9-11-13-14-15-16-17-18-19-21-23-27-31-36-48-38-40(39-50-53(46,47)49-37-35-44)51-43(45)34-30-26-25-29-33-42-41(52-42)32-28-24-22-20-12-10-8-6-4-2/h12-14,20,24-25,28-29,31,36,40-42H,3-11,15-19,21-23,26-27,30,32-35,37-39,44H2,1-2H3,(H,46,47)/b14-13-,20-12-,28-24-,29-25-,36-31+/t40-,41?,42?/m1/s1. The van der Waals surface area contributed by atoms with Crippen molar-refractivity contribution in [2.75, 3.05) is 26.4 Å². The Morgan fingerprint density at radius 1 is 0.679 bits per heavy atom. The number of hydrogen-bond donors (Lipinski definition) is 2. The van der Waals surface area contributed by atoms with E-state index in [1.165, 1.54) is 96.3 Å². The summed E-state index contributed by atoms with van der Waals surface area (Å²) in [5, 5.41) is 0. The molecule has 9 nitrogen and oxygen atoms in total. The van der Waals surface area contributed by atoms with E-state index in [9.17, 15) is 14.3 Å². The number of unbranched alkanes of at least 4 members (excludes halogenated alkanes) is 15. The van der Waals surface area contributed by atoms with Gasteiger partial charge in [0.1, 0.15) is 6.61 Å². The number of hydrogen-bond acceptors (Lipinski definition) is 8. The van der Waals surface area contributed by atoms with Crippen LogP contribution < -0.4 is 5.73 Å². The van der Waals surface area contributed by atoms with E-state index in [0.717, 1.165) is 38.5 Å². The van der Waals surface area contributed by atoms with Crippen molar-refractivity contribution in [1.82, 2.24) is 0 Å². The van der Waals surface area contributed by atoms with Gasteiger partial charge in [-0.05, 0) is 89.5 Å². The summed E-state index contributed by atoms with van der Waals surface area (Å²) >= 11 is 0. The first-order chi connectivity index (χ1) is 25.9. The summed E-state index contributed by atoms with van der Waals surface area (Å²) in [6.07, 6.45) is 46.4. The zero-order valence-electron chi connectivity index (χ0n) is 33.4. The lowest BCUT2D eigenvalue weighted by Gasteiger charge is -2.19. The molecule has 3 unspecified atom stereocenters. The van der Waals surface area contributed by atoms with Gasteiger partial charge in [-0.3, -0.25) is 13.8 Å². The fraction of sp³-hybridized carbons (Fsp3) is 0.744. The van der Waals surface area contributed by atoms with Crippen molar-refractivity contribution < 1.29 is 37.5 Å². The average molecular weight is 766 g/mol. The average Bonchev–Trinajstić information content (AvgIpc) is 3.90. The highest BCUT2D eigenvalue weighted by Gasteiger charge is 2.36. The fourth-order valence-electron chi connectivity index (χ4n) is 5.64. The summed E-state index contributed by atoms with van der Waals surface area (Å²) in [7, 11) is -4.32. The Labute approximate surface area is 323 Å². The van der Waals surface area contributed by atoms with E-state index in [2.05, 4.69) is 62.5 Å². The Balaban J connectivity index is 2.22. The van der Waals surface area contributed by atoms with E-state index in [1.807, 2.05) is 6.08 Å². The summed E-state index contributed by atoms with van der Waals surface area (Å²) in [5.74, 6) is -0.415. The lowest BCUT2D eigenvalue weighted by Crippen LogP contribution is -2.27. The Bertz CT molecular complexity index is 1060. The van der Waals surface area contributed by atoms with Gasteiger partial charge in [0.05, 0.1) is 31.7 Å². The van der Waals surface area contributed by atoms with E-state index in [0.29, 0.717) is 12.5 Å². The largest absolute Gasteiger partial charge is 0.498 e. The number of epoxide rings is 1. The lowest BCUT2D eigenvalue weighted by molar-refractivity contribution is -0.153. The molecular formula is C43H76NO8P. The molecule has 1 heterocycles. The van der Waals surface area contributed by atoms with Crippen LogP contribution in [-0.4, -0.2) is 55.5 Å². The zero-order chi connectivity index (χ0) is 38.5. The van der Waals surface area contributed by atoms with Gasteiger partial charge in [-0.15, -0.1) is 0 Å². The van der Waals surface area contributed by atoms with Crippen molar-refractivity contribution in [3.63, 3.8) is 0 Å². The Morgan fingerprint density at radius 2 is 1.19 bits per heavy atom. The van der Waals surface area contributed by atoms with Crippen LogP contribution in [0.5, 0.6) is 0 Å². The third-order valence-corrected chi connectivity index (χ3v) is 9.86. The third-order valence-electron chi connectivity index (χ3n) is 8.87. The lowest BCUT2D eigenvalue weighted by atomic mass is 10.1. The minimum absolute atomic E-state index is 0.000288. The molecule has 10 heteroatoms. The molecule has 1 saturated heterocycles. The van der Waals surface area contributed by atoms with Crippen LogP contribution in [0.2, 0.25) is 0 Å². The molecule has 0 aliphatic carbocycles. The van der Waals surface area contributed by atoms with Crippen LogP contribution in [0.3, 0.4) is 0 Å². The fourth-order valence-corrected chi connectivity index (χ4v) is 6.40. The predicted molar refractivity (Wildman–Crippen MR) is 219 cm³/mol. The van der Waals surface area contributed by atoms with Crippen molar-refractivity contribution in [2.45, 2.75) is 180 Å². The monoisotopic (exact) mass is 766 g/mol. The Kier molecular flexibility index (Phi) is 33.0. The normalized spacial score (nSPS) is 17.9. The van der Waals surface area contributed by atoms with E-state index >= 15 is 0 Å². The number of rotatable bonds is 38. The molecule has 0 spiro atoms. The topological polar surface area (TPSA) is 130 Å². The molecule has 1 rings (SSSR count). The predicted octanol–water partition coefficient (Wildman–Crippen LogP) is 11.5. The SMILES string of the molecule is CCCCC/C=C\C/C=C\CC1OC1C/C=C\CCCC(=O)O[C@H](CO/C=C/CCCCCCCC/C=C\CCCCCC)COP(=O)(O)OCCN. The summed E-state index contributed by atoms with van der Waals surface area (Å²) < 4.78 is 38.9.